The SMILES string of the molecule is CCCCNC(=O)Cn1cnc2sc(CC)c(-c3ccc(Br)cc3)c2c1=O. The van der Waals surface area contributed by atoms with Gasteiger partial charge in [0.05, 0.1) is 11.7 Å². The van der Waals surface area contributed by atoms with Gasteiger partial charge >= 0.3 is 0 Å². The van der Waals surface area contributed by atoms with E-state index in [1.165, 1.54) is 10.9 Å². The molecule has 0 saturated carbocycles. The first kappa shape index (κ1) is 19.8. The quantitative estimate of drug-likeness (QED) is 0.546. The molecule has 3 aromatic rings. The molecule has 27 heavy (non-hydrogen) atoms. The number of amides is 1. The number of halogens is 1. The fourth-order valence-corrected chi connectivity index (χ4v) is 4.33. The van der Waals surface area contributed by atoms with Crippen LogP contribution in [0.25, 0.3) is 21.3 Å². The van der Waals surface area contributed by atoms with E-state index in [2.05, 4.69) is 40.1 Å². The number of nitrogens with zero attached hydrogens (tertiary/aromatic N) is 2. The van der Waals surface area contributed by atoms with Crippen molar-refractivity contribution >= 4 is 43.4 Å². The van der Waals surface area contributed by atoms with Gasteiger partial charge in [-0.25, -0.2) is 4.98 Å². The molecule has 7 heteroatoms. The summed E-state index contributed by atoms with van der Waals surface area (Å²) in [7, 11) is 0. The number of aryl methyl sites for hydroxylation is 1. The van der Waals surface area contributed by atoms with Gasteiger partial charge < -0.3 is 5.32 Å². The molecule has 0 bridgehead atoms. The summed E-state index contributed by atoms with van der Waals surface area (Å²) in [5.41, 5.74) is 1.76. The summed E-state index contributed by atoms with van der Waals surface area (Å²) in [6.45, 7) is 4.76. The van der Waals surface area contributed by atoms with E-state index in [1.54, 1.807) is 11.3 Å². The van der Waals surface area contributed by atoms with Crippen molar-refractivity contribution in [1.29, 1.82) is 0 Å². The third-order valence-electron chi connectivity index (χ3n) is 4.37. The maximum atomic E-state index is 13.1. The molecule has 0 saturated heterocycles. The molecule has 0 atom stereocenters. The molecule has 0 spiro atoms. The molecule has 0 fully saturated rings. The zero-order valence-electron chi connectivity index (χ0n) is 15.4. The van der Waals surface area contributed by atoms with Crippen LogP contribution in [0.4, 0.5) is 0 Å². The van der Waals surface area contributed by atoms with Crippen LogP contribution in [0.2, 0.25) is 0 Å². The molecule has 1 aromatic carbocycles. The minimum atomic E-state index is -0.167. The van der Waals surface area contributed by atoms with Crippen LogP contribution in [0.3, 0.4) is 0 Å². The Labute approximate surface area is 170 Å². The van der Waals surface area contributed by atoms with Gasteiger partial charge in [0.1, 0.15) is 11.4 Å². The van der Waals surface area contributed by atoms with Gasteiger partial charge in [0.15, 0.2) is 0 Å². The summed E-state index contributed by atoms with van der Waals surface area (Å²) in [5, 5.41) is 3.45. The molecule has 5 nitrogen and oxygen atoms in total. The van der Waals surface area contributed by atoms with Crippen molar-refractivity contribution in [2.45, 2.75) is 39.7 Å². The van der Waals surface area contributed by atoms with Crippen LogP contribution in [0.1, 0.15) is 31.6 Å². The minimum absolute atomic E-state index is 0.0113. The number of fused-ring (bicyclic) bond motifs is 1. The number of nitrogens with one attached hydrogen (secondary N) is 1. The normalized spacial score (nSPS) is 11.1. The van der Waals surface area contributed by atoms with Gasteiger partial charge in [0.2, 0.25) is 5.91 Å². The number of hydrogen-bond donors (Lipinski definition) is 1. The Balaban J connectivity index is 2.04. The molecule has 0 radical (unpaired) electrons. The molecule has 0 aliphatic heterocycles. The molecular formula is C20H22BrN3O2S. The molecule has 2 heterocycles. The Morgan fingerprint density at radius 1 is 1.26 bits per heavy atom. The molecule has 1 amide bonds. The molecule has 1 N–H and O–H groups in total. The highest BCUT2D eigenvalue weighted by Crippen LogP contribution is 2.36. The fourth-order valence-electron chi connectivity index (χ4n) is 2.97. The van der Waals surface area contributed by atoms with Gasteiger partial charge in [-0.15, -0.1) is 11.3 Å². The second-order valence-electron chi connectivity index (χ2n) is 6.32. The number of hydrogen-bond acceptors (Lipinski definition) is 4. The highest BCUT2D eigenvalue weighted by molar-refractivity contribution is 9.10. The lowest BCUT2D eigenvalue weighted by Crippen LogP contribution is -2.32. The predicted molar refractivity (Wildman–Crippen MR) is 114 cm³/mol. The van der Waals surface area contributed by atoms with Crippen molar-refractivity contribution in [1.82, 2.24) is 14.9 Å². The van der Waals surface area contributed by atoms with Gasteiger partial charge in [-0.2, -0.15) is 0 Å². The van der Waals surface area contributed by atoms with Crippen LogP contribution in [0, 0.1) is 0 Å². The number of aromatic nitrogens is 2. The van der Waals surface area contributed by atoms with Gasteiger partial charge in [-0.1, -0.05) is 48.3 Å². The molecule has 3 rings (SSSR count). The third-order valence-corrected chi connectivity index (χ3v) is 6.14. The second-order valence-corrected chi connectivity index (χ2v) is 8.32. The second kappa shape index (κ2) is 8.80. The Morgan fingerprint density at radius 3 is 2.67 bits per heavy atom. The van der Waals surface area contributed by atoms with E-state index in [0.29, 0.717) is 11.9 Å². The smallest absolute Gasteiger partial charge is 0.263 e. The van der Waals surface area contributed by atoms with Crippen molar-refractivity contribution in [2.24, 2.45) is 0 Å². The monoisotopic (exact) mass is 447 g/mol. The Kier molecular flexibility index (Phi) is 6.44. The number of benzene rings is 1. The Hall–Kier alpha value is -1.99. The first-order chi connectivity index (χ1) is 13.0. The number of unbranched alkanes of at least 4 members (excludes halogenated alkanes) is 1. The highest BCUT2D eigenvalue weighted by Gasteiger charge is 2.19. The fraction of sp³-hybridized carbons (Fsp3) is 0.350. The maximum Gasteiger partial charge on any atom is 0.263 e. The van der Waals surface area contributed by atoms with Gasteiger partial charge in [0, 0.05) is 21.5 Å². The van der Waals surface area contributed by atoms with E-state index in [-0.39, 0.29) is 18.0 Å². The zero-order chi connectivity index (χ0) is 19.4. The van der Waals surface area contributed by atoms with Crippen molar-refractivity contribution in [3.63, 3.8) is 0 Å². The summed E-state index contributed by atoms with van der Waals surface area (Å²) >= 11 is 5.00. The summed E-state index contributed by atoms with van der Waals surface area (Å²) in [5.74, 6) is -0.164. The maximum absolute atomic E-state index is 13.1. The number of rotatable bonds is 7. The van der Waals surface area contributed by atoms with Crippen molar-refractivity contribution < 1.29 is 4.79 Å². The first-order valence-electron chi connectivity index (χ1n) is 9.08. The van der Waals surface area contributed by atoms with Crippen LogP contribution < -0.4 is 10.9 Å². The number of carbonyl (C=O) groups excluding carboxylic acids is 1. The zero-order valence-corrected chi connectivity index (χ0v) is 17.8. The predicted octanol–water partition coefficient (Wildman–Crippen LogP) is 4.37. The molecule has 142 valence electrons. The van der Waals surface area contributed by atoms with E-state index in [0.717, 1.165) is 44.6 Å². The summed E-state index contributed by atoms with van der Waals surface area (Å²) in [6, 6.07) is 7.93. The largest absolute Gasteiger partial charge is 0.355 e. The standard InChI is InChI=1S/C20H22BrN3O2S/c1-3-5-10-22-16(25)11-24-12-23-19-18(20(24)26)17(15(4-2)27-19)13-6-8-14(21)9-7-13/h6-9,12H,3-5,10-11H2,1-2H3,(H,22,25). The Bertz CT molecular complexity index is 1010. The van der Waals surface area contributed by atoms with E-state index in [4.69, 9.17) is 0 Å². The number of carbonyl (C=O) groups is 1. The average molecular weight is 448 g/mol. The highest BCUT2D eigenvalue weighted by atomic mass is 79.9. The lowest BCUT2D eigenvalue weighted by Gasteiger charge is -2.08. The van der Waals surface area contributed by atoms with Gasteiger partial charge in [-0.05, 0) is 30.5 Å². The molecule has 2 aromatic heterocycles. The number of thiophene rings is 1. The van der Waals surface area contributed by atoms with E-state index in [9.17, 15) is 9.59 Å². The van der Waals surface area contributed by atoms with Crippen molar-refractivity contribution in [3.8, 4) is 11.1 Å². The van der Waals surface area contributed by atoms with Gasteiger partial charge in [-0.3, -0.25) is 14.2 Å². The molecule has 0 aliphatic carbocycles. The molecule has 0 unspecified atom stereocenters. The third kappa shape index (κ3) is 4.30. The summed E-state index contributed by atoms with van der Waals surface area (Å²) in [6.07, 6.45) is 4.24. The lowest BCUT2D eigenvalue weighted by atomic mass is 10.0. The molecule has 0 aliphatic rings. The van der Waals surface area contributed by atoms with Crippen LogP contribution in [0.15, 0.2) is 39.9 Å². The van der Waals surface area contributed by atoms with E-state index < -0.39 is 0 Å². The van der Waals surface area contributed by atoms with E-state index in [1.807, 2.05) is 24.3 Å². The Morgan fingerprint density at radius 2 is 2.00 bits per heavy atom. The van der Waals surface area contributed by atoms with Crippen LogP contribution >= 0.6 is 27.3 Å². The van der Waals surface area contributed by atoms with Crippen LogP contribution in [0.5, 0.6) is 0 Å². The average Bonchev–Trinajstić information content (AvgIpc) is 3.04. The lowest BCUT2D eigenvalue weighted by molar-refractivity contribution is -0.121. The summed E-state index contributed by atoms with van der Waals surface area (Å²) in [4.78, 5) is 31.6. The van der Waals surface area contributed by atoms with Crippen molar-refractivity contribution in [2.75, 3.05) is 6.54 Å². The van der Waals surface area contributed by atoms with Crippen molar-refractivity contribution in [3.05, 3.63) is 50.3 Å². The first-order valence-corrected chi connectivity index (χ1v) is 10.7. The minimum Gasteiger partial charge on any atom is -0.355 e. The van der Waals surface area contributed by atoms with Gasteiger partial charge in [0.25, 0.3) is 5.56 Å². The van der Waals surface area contributed by atoms with Crippen LogP contribution in [-0.4, -0.2) is 22.0 Å². The molecular weight excluding hydrogens is 426 g/mol. The van der Waals surface area contributed by atoms with Crippen LogP contribution in [-0.2, 0) is 17.8 Å². The topological polar surface area (TPSA) is 64.0 Å². The summed E-state index contributed by atoms with van der Waals surface area (Å²) < 4.78 is 2.39. The van der Waals surface area contributed by atoms with E-state index >= 15 is 0 Å².